The number of para-hydroxylation sites is 1. The highest BCUT2D eigenvalue weighted by Gasteiger charge is 2.29. The van der Waals surface area contributed by atoms with Gasteiger partial charge in [-0.05, 0) is 49.1 Å². The lowest BCUT2D eigenvalue weighted by atomic mass is 9.96. The molecule has 2 amide bonds. The van der Waals surface area contributed by atoms with Crippen LogP contribution < -0.4 is 5.32 Å². The van der Waals surface area contributed by atoms with Crippen LogP contribution in [0.25, 0.3) is 10.9 Å². The van der Waals surface area contributed by atoms with Gasteiger partial charge < -0.3 is 20.3 Å². The van der Waals surface area contributed by atoms with E-state index in [9.17, 15) is 14.7 Å². The second-order valence-corrected chi connectivity index (χ2v) is 7.57. The number of H-pyrrole nitrogens is 1. The van der Waals surface area contributed by atoms with E-state index in [0.29, 0.717) is 31.7 Å². The van der Waals surface area contributed by atoms with Crippen LogP contribution in [0.2, 0.25) is 0 Å². The minimum absolute atomic E-state index is 0.00192. The molecule has 150 valence electrons. The highest BCUT2D eigenvalue weighted by Crippen LogP contribution is 2.21. The monoisotopic (exact) mass is 391 g/mol. The van der Waals surface area contributed by atoms with Crippen molar-refractivity contribution in [3.8, 4) is 5.75 Å². The van der Waals surface area contributed by atoms with E-state index in [1.807, 2.05) is 42.5 Å². The first-order valence-corrected chi connectivity index (χ1v) is 10.0. The van der Waals surface area contributed by atoms with Gasteiger partial charge in [0, 0.05) is 30.5 Å². The van der Waals surface area contributed by atoms with Gasteiger partial charge >= 0.3 is 0 Å². The van der Waals surface area contributed by atoms with Gasteiger partial charge in [0.25, 0.3) is 5.91 Å². The summed E-state index contributed by atoms with van der Waals surface area (Å²) >= 11 is 0. The van der Waals surface area contributed by atoms with Gasteiger partial charge in [0.05, 0.1) is 5.92 Å². The summed E-state index contributed by atoms with van der Waals surface area (Å²) in [6, 6.07) is 16.7. The summed E-state index contributed by atoms with van der Waals surface area (Å²) in [6.45, 7) is 1.65. The summed E-state index contributed by atoms with van der Waals surface area (Å²) in [5, 5.41) is 13.3. The summed E-state index contributed by atoms with van der Waals surface area (Å²) in [6.07, 6.45) is 2.32. The third kappa shape index (κ3) is 4.42. The van der Waals surface area contributed by atoms with E-state index in [0.717, 1.165) is 29.3 Å². The molecule has 6 heteroatoms. The van der Waals surface area contributed by atoms with Crippen LogP contribution in [0.15, 0.2) is 54.6 Å². The molecule has 2 heterocycles. The number of hydrogen-bond donors (Lipinski definition) is 3. The maximum absolute atomic E-state index is 12.9. The van der Waals surface area contributed by atoms with E-state index in [4.69, 9.17) is 0 Å². The number of nitrogens with zero attached hydrogens (tertiary/aromatic N) is 1. The number of likely N-dealkylation sites (tertiary alicyclic amines) is 1. The van der Waals surface area contributed by atoms with Gasteiger partial charge in [0.2, 0.25) is 5.91 Å². The number of piperidine rings is 1. The Balaban J connectivity index is 1.32. The van der Waals surface area contributed by atoms with E-state index in [-0.39, 0.29) is 23.5 Å². The molecule has 2 aromatic carbocycles. The molecular weight excluding hydrogens is 366 g/mol. The van der Waals surface area contributed by atoms with Gasteiger partial charge in [0.1, 0.15) is 11.4 Å². The van der Waals surface area contributed by atoms with Crippen LogP contribution >= 0.6 is 0 Å². The molecule has 0 radical (unpaired) electrons. The molecule has 0 aliphatic carbocycles. The number of aromatic nitrogens is 1. The highest BCUT2D eigenvalue weighted by molar-refractivity contribution is 5.98. The lowest BCUT2D eigenvalue weighted by Crippen LogP contribution is -2.45. The Morgan fingerprint density at radius 1 is 1.14 bits per heavy atom. The Morgan fingerprint density at radius 3 is 2.72 bits per heavy atom. The van der Waals surface area contributed by atoms with Crippen LogP contribution in [-0.2, 0) is 11.2 Å². The molecule has 29 heavy (non-hydrogen) atoms. The first-order chi connectivity index (χ1) is 14.1. The topological polar surface area (TPSA) is 85.4 Å². The van der Waals surface area contributed by atoms with Crippen molar-refractivity contribution in [1.82, 2.24) is 15.2 Å². The van der Waals surface area contributed by atoms with Crippen molar-refractivity contribution < 1.29 is 14.7 Å². The second kappa shape index (κ2) is 8.39. The minimum atomic E-state index is -0.183. The first kappa shape index (κ1) is 19.1. The second-order valence-electron chi connectivity index (χ2n) is 7.57. The smallest absolute Gasteiger partial charge is 0.270 e. The van der Waals surface area contributed by atoms with Gasteiger partial charge in [-0.3, -0.25) is 9.59 Å². The van der Waals surface area contributed by atoms with Crippen LogP contribution in [0.3, 0.4) is 0 Å². The SMILES string of the molecule is O=C(NCCc1ccc(O)cc1)[C@@H]1CCCN(C(=O)c2cc3ccccc3[nH]2)C1. The Hall–Kier alpha value is -3.28. The van der Waals surface area contributed by atoms with Crippen molar-refractivity contribution in [3.63, 3.8) is 0 Å². The normalized spacial score (nSPS) is 16.7. The molecule has 1 aliphatic heterocycles. The Morgan fingerprint density at radius 2 is 1.93 bits per heavy atom. The number of aromatic amines is 1. The quantitative estimate of drug-likeness (QED) is 0.625. The number of carbonyl (C=O) groups is 2. The average Bonchev–Trinajstić information content (AvgIpc) is 3.19. The van der Waals surface area contributed by atoms with Gasteiger partial charge in [-0.15, -0.1) is 0 Å². The van der Waals surface area contributed by atoms with Crippen LogP contribution in [0.5, 0.6) is 5.75 Å². The molecule has 1 saturated heterocycles. The number of rotatable bonds is 5. The number of phenols is 1. The highest BCUT2D eigenvalue weighted by atomic mass is 16.3. The maximum Gasteiger partial charge on any atom is 0.270 e. The number of aromatic hydroxyl groups is 1. The summed E-state index contributed by atoms with van der Waals surface area (Å²) in [5.74, 6) is -0.00247. The molecule has 0 bridgehead atoms. The van der Waals surface area contributed by atoms with Crippen molar-refractivity contribution in [1.29, 1.82) is 0 Å². The summed E-state index contributed by atoms with van der Waals surface area (Å²) < 4.78 is 0. The third-order valence-corrected chi connectivity index (χ3v) is 5.49. The summed E-state index contributed by atoms with van der Waals surface area (Å²) in [4.78, 5) is 30.5. The molecule has 0 saturated carbocycles. The van der Waals surface area contributed by atoms with Crippen LogP contribution in [0.1, 0.15) is 28.9 Å². The predicted molar refractivity (Wildman–Crippen MR) is 112 cm³/mol. The molecule has 3 N–H and O–H groups in total. The van der Waals surface area contributed by atoms with Crippen molar-refractivity contribution in [2.75, 3.05) is 19.6 Å². The van der Waals surface area contributed by atoms with Gasteiger partial charge in [-0.25, -0.2) is 0 Å². The molecule has 6 nitrogen and oxygen atoms in total. The number of benzene rings is 2. The maximum atomic E-state index is 12.9. The third-order valence-electron chi connectivity index (χ3n) is 5.49. The minimum Gasteiger partial charge on any atom is -0.508 e. The molecule has 3 aromatic rings. The standard InChI is InChI=1S/C23H25N3O3/c27-19-9-7-16(8-10-19)11-12-24-22(28)18-5-3-13-26(15-18)23(29)21-14-17-4-1-2-6-20(17)25-21/h1-2,4,6-10,14,18,25,27H,3,5,11-13,15H2,(H,24,28)/t18-/m1/s1. The van der Waals surface area contributed by atoms with Crippen LogP contribution in [0.4, 0.5) is 0 Å². The molecule has 1 atom stereocenters. The van der Waals surface area contributed by atoms with Crippen molar-refractivity contribution in [2.24, 2.45) is 5.92 Å². The van der Waals surface area contributed by atoms with Gasteiger partial charge in [-0.2, -0.15) is 0 Å². The fourth-order valence-corrected chi connectivity index (χ4v) is 3.87. The Kier molecular flexibility index (Phi) is 5.51. The van der Waals surface area contributed by atoms with Crippen LogP contribution in [-0.4, -0.2) is 46.4 Å². The van der Waals surface area contributed by atoms with E-state index >= 15 is 0 Å². The van der Waals surface area contributed by atoms with E-state index < -0.39 is 0 Å². The number of hydrogen-bond acceptors (Lipinski definition) is 3. The van der Waals surface area contributed by atoms with E-state index in [1.165, 1.54) is 0 Å². The van der Waals surface area contributed by atoms with Gasteiger partial charge in [-0.1, -0.05) is 30.3 Å². The molecule has 1 aliphatic rings. The van der Waals surface area contributed by atoms with E-state index in [2.05, 4.69) is 10.3 Å². The molecule has 1 aromatic heterocycles. The number of phenolic OH excluding ortho intramolecular Hbond substituents is 1. The zero-order valence-electron chi connectivity index (χ0n) is 16.2. The largest absolute Gasteiger partial charge is 0.508 e. The number of fused-ring (bicyclic) bond motifs is 1. The number of amides is 2. The molecule has 0 unspecified atom stereocenters. The zero-order chi connectivity index (χ0) is 20.2. The Bertz CT molecular complexity index is 977. The first-order valence-electron chi connectivity index (χ1n) is 10.0. The molecule has 4 rings (SSSR count). The van der Waals surface area contributed by atoms with E-state index in [1.54, 1.807) is 17.0 Å². The fraction of sp³-hybridized carbons (Fsp3) is 0.304. The molecular formula is C23H25N3O3. The fourth-order valence-electron chi connectivity index (χ4n) is 3.87. The predicted octanol–water partition coefficient (Wildman–Crippen LogP) is 3.08. The average molecular weight is 391 g/mol. The summed E-state index contributed by atoms with van der Waals surface area (Å²) in [5.41, 5.74) is 2.57. The Labute approximate surface area is 169 Å². The lowest BCUT2D eigenvalue weighted by molar-refractivity contribution is -0.126. The van der Waals surface area contributed by atoms with Gasteiger partial charge in [0.15, 0.2) is 0 Å². The van der Waals surface area contributed by atoms with Crippen molar-refractivity contribution >= 4 is 22.7 Å². The van der Waals surface area contributed by atoms with Crippen molar-refractivity contribution in [3.05, 3.63) is 65.9 Å². The number of carbonyl (C=O) groups excluding carboxylic acids is 2. The lowest BCUT2D eigenvalue weighted by Gasteiger charge is -2.31. The van der Waals surface area contributed by atoms with Crippen molar-refractivity contribution in [2.45, 2.75) is 19.3 Å². The zero-order valence-corrected chi connectivity index (χ0v) is 16.2. The number of nitrogens with one attached hydrogen (secondary N) is 2. The summed E-state index contributed by atoms with van der Waals surface area (Å²) in [7, 11) is 0. The molecule has 1 fully saturated rings. The molecule has 0 spiro atoms. The van der Waals surface area contributed by atoms with Crippen LogP contribution in [0, 0.1) is 5.92 Å².